The van der Waals surface area contributed by atoms with E-state index in [2.05, 4.69) is 30.9 Å². The number of nitrogens with zero attached hydrogens (tertiary/aromatic N) is 3. The molecule has 2 saturated heterocycles. The lowest BCUT2D eigenvalue weighted by Gasteiger charge is -2.22. The highest BCUT2D eigenvalue weighted by Gasteiger charge is 2.53. The Balaban J connectivity index is 1.11. The largest absolute Gasteiger partial charge is 0.477 e. The van der Waals surface area contributed by atoms with Crippen molar-refractivity contribution >= 4 is 35.0 Å². The molecular weight excluding hydrogens is 630 g/mol. The van der Waals surface area contributed by atoms with Crippen LogP contribution in [-0.2, 0) is 14.2 Å². The Morgan fingerprint density at radius 3 is 2.33 bits per heavy atom. The smallest absolute Gasteiger partial charge is 0.341 e. The number of carboxylic acid groups (broad SMARTS) is 1. The Bertz CT molecular complexity index is 1950. The number of carbonyl (C=O) groups is 2. The first-order chi connectivity index (χ1) is 23.9. The second-order valence-electron chi connectivity index (χ2n) is 11.2. The van der Waals surface area contributed by atoms with Gasteiger partial charge in [0.15, 0.2) is 24.2 Å². The van der Waals surface area contributed by atoms with Crippen LogP contribution < -0.4 is 26.4 Å². The monoisotopic (exact) mass is 661 g/mol. The van der Waals surface area contributed by atoms with Crippen LogP contribution in [-0.4, -0.2) is 63.2 Å². The van der Waals surface area contributed by atoms with E-state index in [9.17, 15) is 14.7 Å². The lowest BCUT2D eigenvalue weighted by Crippen LogP contribution is -2.35. The highest BCUT2D eigenvalue weighted by atomic mass is 16.8. The molecule has 3 aromatic carbocycles. The minimum atomic E-state index is -1.17. The average molecular weight is 662 g/mol. The molecule has 7 rings (SSSR count). The fourth-order valence-corrected chi connectivity index (χ4v) is 5.63. The van der Waals surface area contributed by atoms with Crippen LogP contribution in [0, 0.1) is 0 Å². The Morgan fingerprint density at radius 2 is 1.53 bits per heavy atom. The van der Waals surface area contributed by atoms with E-state index in [1.165, 1.54) is 24.7 Å². The molecule has 0 bridgehead atoms. The second kappa shape index (κ2) is 13.9. The fourth-order valence-electron chi connectivity index (χ4n) is 5.63. The Labute approximate surface area is 280 Å². The summed E-state index contributed by atoms with van der Waals surface area (Å²) in [6.45, 7) is -0.0947. The maximum Gasteiger partial charge on any atom is 0.341 e. The average Bonchev–Trinajstić information content (AvgIpc) is 3.70. The molecule has 4 heterocycles. The Kier molecular flexibility index (Phi) is 8.97. The number of carbonyl (C=O) groups excluding carboxylic acids is 1. The minimum Gasteiger partial charge on any atom is -0.477 e. The van der Waals surface area contributed by atoms with Crippen molar-refractivity contribution in [2.75, 3.05) is 28.3 Å². The number of aromatic carboxylic acids is 1. The Hall–Kier alpha value is -6.09. The third-order valence-electron chi connectivity index (χ3n) is 7.95. The molecule has 0 saturated carbocycles. The zero-order chi connectivity index (χ0) is 33.7. The number of pyridine rings is 1. The van der Waals surface area contributed by atoms with Gasteiger partial charge in [-0.1, -0.05) is 66.7 Å². The number of carboxylic acids is 1. The number of nitrogens with two attached hydrogens (primary N) is 1. The van der Waals surface area contributed by atoms with Crippen molar-refractivity contribution in [3.63, 3.8) is 0 Å². The normalized spacial score (nSPS) is 21.0. The van der Waals surface area contributed by atoms with Crippen LogP contribution in [0.3, 0.4) is 0 Å². The highest BCUT2D eigenvalue weighted by Crippen LogP contribution is 2.42. The summed E-state index contributed by atoms with van der Waals surface area (Å²) in [6.07, 6.45) is -0.926. The quantitative estimate of drug-likeness (QED) is 0.132. The molecule has 0 spiro atoms. The third-order valence-corrected chi connectivity index (χ3v) is 7.95. The lowest BCUT2D eigenvalue weighted by molar-refractivity contribution is -0.132. The summed E-state index contributed by atoms with van der Waals surface area (Å²) in [5, 5.41) is 18.1. The van der Waals surface area contributed by atoms with Crippen molar-refractivity contribution in [1.29, 1.82) is 0 Å². The van der Waals surface area contributed by atoms with Crippen molar-refractivity contribution in [3.05, 3.63) is 121 Å². The van der Waals surface area contributed by atoms with Gasteiger partial charge in [-0.05, 0) is 41.5 Å². The first kappa shape index (κ1) is 31.5. The summed E-state index contributed by atoms with van der Waals surface area (Å²) in [5.41, 5.74) is 9.80. The van der Waals surface area contributed by atoms with Crippen LogP contribution in [0.25, 0.3) is 11.1 Å². The zero-order valence-electron chi connectivity index (χ0n) is 25.8. The molecule has 5 atom stereocenters. The van der Waals surface area contributed by atoms with Crippen molar-refractivity contribution in [1.82, 2.24) is 15.0 Å². The first-order valence-electron chi connectivity index (χ1n) is 15.4. The van der Waals surface area contributed by atoms with Gasteiger partial charge < -0.3 is 40.4 Å². The van der Waals surface area contributed by atoms with Gasteiger partial charge in [0.2, 0.25) is 5.88 Å². The third kappa shape index (κ3) is 6.96. The number of ether oxygens (including phenoxy) is 4. The van der Waals surface area contributed by atoms with Crippen LogP contribution in [0.2, 0.25) is 0 Å². The molecule has 2 aliphatic heterocycles. The number of nitrogen functional groups attached to an aromatic ring is 1. The summed E-state index contributed by atoms with van der Waals surface area (Å²) < 4.78 is 25.1. The predicted octanol–water partition coefficient (Wildman–Crippen LogP) is 5.16. The summed E-state index contributed by atoms with van der Waals surface area (Å²) in [4.78, 5) is 36.9. The van der Waals surface area contributed by atoms with Gasteiger partial charge in [-0.2, -0.15) is 0 Å². The highest BCUT2D eigenvalue weighted by molar-refractivity contribution is 6.01. The van der Waals surface area contributed by atoms with Crippen LogP contribution in [0.4, 0.5) is 27.8 Å². The van der Waals surface area contributed by atoms with E-state index in [-0.39, 0.29) is 35.4 Å². The van der Waals surface area contributed by atoms with Gasteiger partial charge in [0.25, 0.3) is 0 Å². The number of hydrogen-bond donors (Lipinski definition) is 5. The first-order valence-corrected chi connectivity index (χ1v) is 15.4. The molecular formula is C35H31N7O7. The number of anilines is 4. The SMILES string of the molecule is Nc1c(NC(=O)Nc2ccccc2)ncnc1NC1OC(COc2ncccc2C(=O)O)C2OC(c3cccc(-c4ccccc4)c3)OC12. The number of aromatic nitrogens is 3. The molecule has 2 amide bonds. The maximum atomic E-state index is 12.6. The Morgan fingerprint density at radius 1 is 0.796 bits per heavy atom. The molecule has 14 nitrogen and oxygen atoms in total. The lowest BCUT2D eigenvalue weighted by atomic mass is 10.0. The predicted molar refractivity (Wildman–Crippen MR) is 179 cm³/mol. The van der Waals surface area contributed by atoms with Gasteiger partial charge in [-0.3, -0.25) is 5.32 Å². The zero-order valence-corrected chi connectivity index (χ0v) is 25.8. The van der Waals surface area contributed by atoms with E-state index in [0.29, 0.717) is 5.69 Å². The molecule has 2 aromatic heterocycles. The number of hydrogen-bond acceptors (Lipinski definition) is 11. The van der Waals surface area contributed by atoms with Crippen molar-refractivity contribution in [2.45, 2.75) is 30.8 Å². The van der Waals surface area contributed by atoms with E-state index in [4.69, 9.17) is 24.7 Å². The molecule has 2 fully saturated rings. The van der Waals surface area contributed by atoms with Gasteiger partial charge in [-0.15, -0.1) is 0 Å². The van der Waals surface area contributed by atoms with E-state index < -0.39 is 42.8 Å². The molecule has 14 heteroatoms. The van der Waals surface area contributed by atoms with Crippen molar-refractivity contribution < 1.29 is 33.6 Å². The number of urea groups is 1. The summed E-state index contributed by atoms with van der Waals surface area (Å²) >= 11 is 0. The van der Waals surface area contributed by atoms with Gasteiger partial charge in [0.05, 0.1) is 0 Å². The molecule has 49 heavy (non-hydrogen) atoms. The molecule has 5 unspecified atom stereocenters. The number of nitrogens with one attached hydrogen (secondary N) is 3. The van der Waals surface area contributed by atoms with Crippen LogP contribution >= 0.6 is 0 Å². The van der Waals surface area contributed by atoms with Crippen LogP contribution in [0.15, 0.2) is 110 Å². The molecule has 6 N–H and O–H groups in total. The van der Waals surface area contributed by atoms with E-state index in [1.807, 2.05) is 60.7 Å². The number of benzene rings is 3. The topological polar surface area (TPSA) is 192 Å². The fraction of sp³-hybridized carbons (Fsp3) is 0.171. The molecule has 0 aliphatic carbocycles. The summed E-state index contributed by atoms with van der Waals surface area (Å²) in [6, 6.07) is 29.1. The van der Waals surface area contributed by atoms with Crippen molar-refractivity contribution in [2.24, 2.45) is 0 Å². The minimum absolute atomic E-state index is 0.0536. The van der Waals surface area contributed by atoms with Crippen LogP contribution in [0.5, 0.6) is 5.88 Å². The van der Waals surface area contributed by atoms with E-state index >= 15 is 0 Å². The molecule has 0 radical (unpaired) electrons. The molecule has 2 aliphatic rings. The number of amides is 2. The molecule has 5 aromatic rings. The maximum absolute atomic E-state index is 12.6. The number of fused-ring (bicyclic) bond motifs is 1. The second-order valence-corrected chi connectivity index (χ2v) is 11.2. The summed E-state index contributed by atoms with van der Waals surface area (Å²) in [7, 11) is 0. The standard InChI is InChI=1S/C35H31N7O7/c36-26-29(38-19-39-30(26)42-35(45)40-23-13-5-2-6-14-23)41-32-28-27(25(47-32)18-46-31-24(33(43)44)15-8-16-37-31)48-34(49-28)22-12-7-11-21(17-22)20-9-3-1-4-10-20/h1-17,19,25,27-28,32,34H,18,36H2,(H,43,44)(H3,38,39,40,41,42,45). The van der Waals surface area contributed by atoms with Gasteiger partial charge in [0, 0.05) is 17.4 Å². The van der Waals surface area contributed by atoms with Crippen molar-refractivity contribution in [3.8, 4) is 17.0 Å². The van der Waals surface area contributed by atoms with E-state index in [0.717, 1.165) is 16.7 Å². The van der Waals surface area contributed by atoms with Gasteiger partial charge in [-0.25, -0.2) is 24.5 Å². The van der Waals surface area contributed by atoms with Crippen LogP contribution in [0.1, 0.15) is 22.2 Å². The molecule has 248 valence electrons. The van der Waals surface area contributed by atoms with Gasteiger partial charge in [0.1, 0.15) is 42.5 Å². The number of rotatable bonds is 10. The van der Waals surface area contributed by atoms with Gasteiger partial charge >= 0.3 is 12.0 Å². The summed E-state index contributed by atoms with van der Waals surface area (Å²) in [5.74, 6) is -0.961. The number of para-hydroxylation sites is 1. The van der Waals surface area contributed by atoms with E-state index in [1.54, 1.807) is 24.3 Å².